The van der Waals surface area contributed by atoms with Crippen LogP contribution in [0.25, 0.3) is 0 Å². The van der Waals surface area contributed by atoms with E-state index >= 15 is 0 Å². The molecule has 2 aromatic rings. The van der Waals surface area contributed by atoms with E-state index in [0.717, 1.165) is 75.6 Å². The van der Waals surface area contributed by atoms with Crippen molar-refractivity contribution in [3.63, 3.8) is 0 Å². The van der Waals surface area contributed by atoms with E-state index in [1.807, 2.05) is 12.1 Å². The van der Waals surface area contributed by atoms with E-state index in [1.54, 1.807) is 24.5 Å². The summed E-state index contributed by atoms with van der Waals surface area (Å²) in [6.07, 6.45) is 0.234. The van der Waals surface area contributed by atoms with Crippen LogP contribution in [0.3, 0.4) is 0 Å². The lowest BCUT2D eigenvalue weighted by Gasteiger charge is -2.28. The number of hydrogen-bond acceptors (Lipinski definition) is 4. The van der Waals surface area contributed by atoms with Gasteiger partial charge in [-0.1, -0.05) is 12.1 Å². The molecular formula is C21H26F3N3O. The van der Waals surface area contributed by atoms with Crippen molar-refractivity contribution in [1.29, 1.82) is 0 Å². The van der Waals surface area contributed by atoms with Gasteiger partial charge in [-0.3, -0.25) is 14.8 Å². The lowest BCUT2D eigenvalue weighted by Crippen LogP contribution is -2.38. The third kappa shape index (κ3) is 6.58. The Morgan fingerprint density at radius 1 is 0.929 bits per heavy atom. The Balaban J connectivity index is 1.60. The van der Waals surface area contributed by atoms with Crippen LogP contribution >= 0.6 is 0 Å². The van der Waals surface area contributed by atoms with Crippen molar-refractivity contribution >= 4 is 0 Å². The predicted octanol–water partition coefficient (Wildman–Crippen LogP) is 3.82. The summed E-state index contributed by atoms with van der Waals surface area (Å²) < 4.78 is 43.7. The van der Waals surface area contributed by atoms with Gasteiger partial charge in [-0.25, -0.2) is 0 Å². The van der Waals surface area contributed by atoms with E-state index in [1.165, 1.54) is 0 Å². The van der Waals surface area contributed by atoms with Crippen molar-refractivity contribution in [2.75, 3.05) is 39.4 Å². The summed E-state index contributed by atoms with van der Waals surface area (Å²) >= 11 is 0. The number of aromatic nitrogens is 1. The minimum Gasteiger partial charge on any atom is -0.379 e. The highest BCUT2D eigenvalue weighted by molar-refractivity contribution is 5.24. The molecule has 1 fully saturated rings. The van der Waals surface area contributed by atoms with Crippen molar-refractivity contribution in [2.24, 2.45) is 0 Å². The van der Waals surface area contributed by atoms with Gasteiger partial charge in [-0.15, -0.1) is 0 Å². The highest BCUT2D eigenvalue weighted by Crippen LogP contribution is 2.29. The summed E-state index contributed by atoms with van der Waals surface area (Å²) in [5.41, 5.74) is 1.42. The normalized spacial score (nSPS) is 15.9. The van der Waals surface area contributed by atoms with Gasteiger partial charge in [-0.05, 0) is 48.4 Å². The van der Waals surface area contributed by atoms with Gasteiger partial charge in [0.1, 0.15) is 0 Å². The van der Waals surface area contributed by atoms with Crippen molar-refractivity contribution < 1.29 is 17.9 Å². The molecule has 3 rings (SSSR count). The van der Waals surface area contributed by atoms with Crippen molar-refractivity contribution in [3.8, 4) is 0 Å². The number of rotatable bonds is 8. The molecule has 0 amide bonds. The van der Waals surface area contributed by atoms with Gasteiger partial charge in [-0.2, -0.15) is 13.2 Å². The van der Waals surface area contributed by atoms with Crippen LogP contribution in [0, 0.1) is 0 Å². The molecule has 0 aliphatic carbocycles. The smallest absolute Gasteiger partial charge is 0.379 e. The lowest BCUT2D eigenvalue weighted by atomic mass is 10.1. The Morgan fingerprint density at radius 2 is 1.54 bits per heavy atom. The first-order valence-corrected chi connectivity index (χ1v) is 9.58. The molecule has 0 N–H and O–H groups in total. The van der Waals surface area contributed by atoms with Crippen LogP contribution in [0.1, 0.15) is 23.1 Å². The van der Waals surface area contributed by atoms with Crippen LogP contribution in [0.2, 0.25) is 0 Å². The second-order valence-corrected chi connectivity index (χ2v) is 7.07. The zero-order valence-corrected chi connectivity index (χ0v) is 15.9. The summed E-state index contributed by atoms with van der Waals surface area (Å²) in [6, 6.07) is 9.42. The van der Waals surface area contributed by atoms with E-state index in [2.05, 4.69) is 14.8 Å². The molecule has 0 bridgehead atoms. The number of ether oxygens (including phenoxy) is 1. The Hall–Kier alpha value is -1.96. The molecule has 152 valence electrons. The molecule has 0 atom stereocenters. The number of benzene rings is 1. The molecule has 28 heavy (non-hydrogen) atoms. The van der Waals surface area contributed by atoms with Gasteiger partial charge < -0.3 is 4.74 Å². The first kappa shape index (κ1) is 20.8. The molecule has 4 nitrogen and oxygen atoms in total. The van der Waals surface area contributed by atoms with Gasteiger partial charge in [0.2, 0.25) is 0 Å². The molecule has 1 aromatic heterocycles. The summed E-state index contributed by atoms with van der Waals surface area (Å²) in [4.78, 5) is 8.72. The number of pyridine rings is 1. The molecular weight excluding hydrogens is 367 g/mol. The third-order valence-corrected chi connectivity index (χ3v) is 4.90. The maximum atomic E-state index is 12.8. The number of nitrogens with zero attached hydrogens (tertiary/aromatic N) is 3. The summed E-state index contributed by atoms with van der Waals surface area (Å²) in [6.45, 7) is 6.73. The van der Waals surface area contributed by atoms with E-state index in [4.69, 9.17) is 4.74 Å². The Labute approximate surface area is 163 Å². The van der Waals surface area contributed by atoms with E-state index in [0.29, 0.717) is 6.54 Å². The minimum absolute atomic E-state index is 0.607. The fourth-order valence-electron chi connectivity index (χ4n) is 3.36. The topological polar surface area (TPSA) is 28.6 Å². The highest BCUT2D eigenvalue weighted by Gasteiger charge is 2.29. The zero-order chi connectivity index (χ0) is 19.8. The molecule has 0 saturated carbocycles. The maximum absolute atomic E-state index is 12.8. The predicted molar refractivity (Wildman–Crippen MR) is 102 cm³/mol. The van der Waals surface area contributed by atoms with Gasteiger partial charge in [0.15, 0.2) is 0 Å². The van der Waals surface area contributed by atoms with E-state index in [-0.39, 0.29) is 0 Å². The molecule has 1 saturated heterocycles. The van der Waals surface area contributed by atoms with Crippen molar-refractivity contribution in [2.45, 2.75) is 25.7 Å². The van der Waals surface area contributed by atoms with Crippen LogP contribution in [-0.2, 0) is 24.0 Å². The van der Waals surface area contributed by atoms with Crippen molar-refractivity contribution in [1.82, 2.24) is 14.8 Å². The maximum Gasteiger partial charge on any atom is 0.416 e. The monoisotopic (exact) mass is 393 g/mol. The Bertz CT molecular complexity index is 701. The first-order valence-electron chi connectivity index (χ1n) is 9.58. The summed E-state index contributed by atoms with van der Waals surface area (Å²) in [5.74, 6) is 0. The first-order chi connectivity index (χ1) is 13.5. The summed E-state index contributed by atoms with van der Waals surface area (Å²) in [7, 11) is 0. The average Bonchev–Trinajstić information content (AvgIpc) is 2.69. The number of alkyl halides is 3. The number of halogens is 3. The molecule has 1 aromatic carbocycles. The highest BCUT2D eigenvalue weighted by atomic mass is 19.4. The second kappa shape index (κ2) is 10.0. The van der Waals surface area contributed by atoms with Crippen LogP contribution in [0.5, 0.6) is 0 Å². The van der Waals surface area contributed by atoms with Crippen LogP contribution < -0.4 is 0 Å². The second-order valence-electron chi connectivity index (χ2n) is 7.07. The van der Waals surface area contributed by atoms with Crippen LogP contribution in [0.4, 0.5) is 13.2 Å². The Kier molecular flexibility index (Phi) is 7.42. The average molecular weight is 393 g/mol. The fourth-order valence-corrected chi connectivity index (χ4v) is 3.36. The number of hydrogen-bond donors (Lipinski definition) is 0. The van der Waals surface area contributed by atoms with E-state index < -0.39 is 11.7 Å². The lowest BCUT2D eigenvalue weighted by molar-refractivity contribution is -0.137. The van der Waals surface area contributed by atoms with Crippen LogP contribution in [0.15, 0.2) is 48.8 Å². The molecule has 0 spiro atoms. The van der Waals surface area contributed by atoms with Gasteiger partial charge in [0, 0.05) is 45.1 Å². The van der Waals surface area contributed by atoms with Gasteiger partial charge >= 0.3 is 6.18 Å². The van der Waals surface area contributed by atoms with Crippen molar-refractivity contribution in [3.05, 3.63) is 65.5 Å². The Morgan fingerprint density at radius 3 is 2.14 bits per heavy atom. The third-order valence-electron chi connectivity index (χ3n) is 4.90. The quantitative estimate of drug-likeness (QED) is 0.682. The minimum atomic E-state index is -4.30. The van der Waals surface area contributed by atoms with Crippen LogP contribution in [-0.4, -0.2) is 54.2 Å². The summed E-state index contributed by atoms with van der Waals surface area (Å²) in [5, 5.41) is 0. The SMILES string of the molecule is FC(F)(F)c1ccc(CN(CCCN2CCOCC2)Cc2ccncc2)cc1. The zero-order valence-electron chi connectivity index (χ0n) is 15.9. The number of morpholine rings is 1. The fraction of sp³-hybridized carbons (Fsp3) is 0.476. The molecule has 0 unspecified atom stereocenters. The molecule has 7 heteroatoms. The van der Waals surface area contributed by atoms with E-state index in [9.17, 15) is 13.2 Å². The van der Waals surface area contributed by atoms with Gasteiger partial charge in [0.05, 0.1) is 18.8 Å². The largest absolute Gasteiger partial charge is 0.416 e. The van der Waals surface area contributed by atoms with Gasteiger partial charge in [0.25, 0.3) is 0 Å². The standard InChI is InChI=1S/C21H26F3N3O/c22-21(23,24)20-4-2-18(3-5-20)16-27(17-19-6-8-25-9-7-19)11-1-10-26-12-14-28-15-13-26/h2-9H,1,10-17H2. The molecule has 2 heterocycles. The molecule has 0 radical (unpaired) electrons. The molecule has 1 aliphatic rings. The molecule has 1 aliphatic heterocycles.